The number of hydrogen-bond donors (Lipinski definition) is 4. The number of pyridine rings is 1. The van der Waals surface area contributed by atoms with Gasteiger partial charge in [-0.3, -0.25) is 15.2 Å². The third kappa shape index (κ3) is 3.00. The van der Waals surface area contributed by atoms with Crippen molar-refractivity contribution >= 4 is 11.9 Å². The second-order valence-corrected chi connectivity index (χ2v) is 3.39. The maximum atomic E-state index is 11.2. The van der Waals surface area contributed by atoms with Gasteiger partial charge >= 0.3 is 5.97 Å². The Morgan fingerprint density at radius 3 is 2.67 bits per heavy atom. The van der Waals surface area contributed by atoms with Crippen molar-refractivity contribution in [2.24, 2.45) is 5.84 Å². The molecule has 0 aromatic carbocycles. The first kappa shape index (κ1) is 14.0. The SMILES string of the molecule is COC(=O)C(O)C(O)c1cncc(C(=O)NN)c1. The van der Waals surface area contributed by atoms with Crippen molar-refractivity contribution in [2.75, 3.05) is 7.11 Å². The highest BCUT2D eigenvalue weighted by molar-refractivity contribution is 5.93. The molecule has 2 unspecified atom stereocenters. The van der Waals surface area contributed by atoms with Crippen LogP contribution in [0.5, 0.6) is 0 Å². The van der Waals surface area contributed by atoms with Crippen LogP contribution < -0.4 is 11.3 Å². The van der Waals surface area contributed by atoms with Crippen molar-refractivity contribution in [1.29, 1.82) is 0 Å². The van der Waals surface area contributed by atoms with Crippen molar-refractivity contribution < 1.29 is 24.5 Å². The van der Waals surface area contributed by atoms with Crippen LogP contribution in [0.1, 0.15) is 22.0 Å². The van der Waals surface area contributed by atoms with Crippen LogP contribution >= 0.6 is 0 Å². The maximum Gasteiger partial charge on any atom is 0.337 e. The van der Waals surface area contributed by atoms with Gasteiger partial charge in [0.25, 0.3) is 5.91 Å². The number of hydrogen-bond acceptors (Lipinski definition) is 7. The molecular weight excluding hydrogens is 242 g/mol. The molecule has 0 aliphatic carbocycles. The van der Waals surface area contributed by atoms with Gasteiger partial charge in [0.15, 0.2) is 6.10 Å². The molecule has 2 atom stereocenters. The highest BCUT2D eigenvalue weighted by Crippen LogP contribution is 2.17. The lowest BCUT2D eigenvalue weighted by Gasteiger charge is -2.16. The molecule has 0 spiro atoms. The van der Waals surface area contributed by atoms with E-state index in [2.05, 4.69) is 9.72 Å². The topological polar surface area (TPSA) is 135 Å². The maximum absolute atomic E-state index is 11.2. The number of aliphatic hydroxyl groups excluding tert-OH is 2. The van der Waals surface area contributed by atoms with Crippen LogP contribution in [0, 0.1) is 0 Å². The van der Waals surface area contributed by atoms with Crippen LogP contribution in [-0.4, -0.2) is 40.3 Å². The molecule has 18 heavy (non-hydrogen) atoms. The number of hydrazine groups is 1. The Morgan fingerprint density at radius 2 is 2.11 bits per heavy atom. The summed E-state index contributed by atoms with van der Waals surface area (Å²) in [6, 6.07) is 1.26. The van der Waals surface area contributed by atoms with Crippen LogP contribution in [0.2, 0.25) is 0 Å². The summed E-state index contributed by atoms with van der Waals surface area (Å²) in [5, 5.41) is 19.2. The molecule has 0 fully saturated rings. The van der Waals surface area contributed by atoms with E-state index >= 15 is 0 Å². The quantitative estimate of drug-likeness (QED) is 0.217. The normalized spacial score (nSPS) is 13.6. The van der Waals surface area contributed by atoms with Gasteiger partial charge in [0.2, 0.25) is 0 Å². The van der Waals surface area contributed by atoms with Gasteiger partial charge in [-0.25, -0.2) is 10.6 Å². The molecule has 1 aromatic rings. The average molecular weight is 255 g/mol. The second kappa shape index (κ2) is 6.05. The number of aliphatic hydroxyl groups is 2. The van der Waals surface area contributed by atoms with E-state index < -0.39 is 24.1 Å². The number of carbonyl (C=O) groups excluding carboxylic acids is 2. The first-order valence-corrected chi connectivity index (χ1v) is 4.91. The number of rotatable bonds is 4. The molecule has 1 amide bonds. The molecule has 8 heteroatoms. The number of amides is 1. The van der Waals surface area contributed by atoms with Gasteiger partial charge in [0, 0.05) is 18.0 Å². The summed E-state index contributed by atoms with van der Waals surface area (Å²) in [4.78, 5) is 26.0. The Labute approximate surface area is 102 Å². The Morgan fingerprint density at radius 1 is 1.44 bits per heavy atom. The fourth-order valence-corrected chi connectivity index (χ4v) is 1.26. The number of nitrogens with two attached hydrogens (primary N) is 1. The first-order chi connectivity index (χ1) is 8.51. The largest absolute Gasteiger partial charge is 0.467 e. The Hall–Kier alpha value is -2.03. The third-order valence-electron chi connectivity index (χ3n) is 2.24. The molecule has 8 nitrogen and oxygen atoms in total. The number of nitrogens with zero attached hydrogens (tertiary/aromatic N) is 1. The standard InChI is InChI=1S/C10H13N3O5/c1-18-10(17)8(15)7(14)5-2-6(4-12-3-5)9(16)13-11/h2-4,7-8,14-15H,11H2,1H3,(H,13,16). The smallest absolute Gasteiger partial charge is 0.337 e. The summed E-state index contributed by atoms with van der Waals surface area (Å²) in [7, 11) is 1.08. The molecule has 0 saturated heterocycles. The summed E-state index contributed by atoms with van der Waals surface area (Å²) >= 11 is 0. The van der Waals surface area contributed by atoms with Crippen LogP contribution in [-0.2, 0) is 9.53 Å². The molecule has 1 heterocycles. The molecule has 0 aliphatic heterocycles. The Balaban J connectivity index is 2.96. The van der Waals surface area contributed by atoms with Crippen LogP contribution in [0.15, 0.2) is 18.5 Å². The van der Waals surface area contributed by atoms with Crippen LogP contribution in [0.3, 0.4) is 0 Å². The molecule has 0 aliphatic rings. The van der Waals surface area contributed by atoms with E-state index in [0.717, 1.165) is 7.11 Å². The first-order valence-electron chi connectivity index (χ1n) is 4.91. The molecule has 1 rings (SSSR count). The highest BCUT2D eigenvalue weighted by Gasteiger charge is 2.27. The minimum absolute atomic E-state index is 0.0890. The van der Waals surface area contributed by atoms with E-state index in [-0.39, 0.29) is 11.1 Å². The lowest BCUT2D eigenvalue weighted by Crippen LogP contribution is -2.31. The van der Waals surface area contributed by atoms with Gasteiger partial charge in [-0.1, -0.05) is 0 Å². The molecule has 0 saturated carbocycles. The van der Waals surface area contributed by atoms with Gasteiger partial charge in [-0.05, 0) is 6.07 Å². The number of ether oxygens (including phenoxy) is 1. The predicted molar refractivity (Wildman–Crippen MR) is 58.9 cm³/mol. The van der Waals surface area contributed by atoms with E-state index in [4.69, 9.17) is 5.84 Å². The zero-order chi connectivity index (χ0) is 13.7. The van der Waals surface area contributed by atoms with Crippen molar-refractivity contribution in [1.82, 2.24) is 10.4 Å². The zero-order valence-corrected chi connectivity index (χ0v) is 9.53. The average Bonchev–Trinajstić information content (AvgIpc) is 2.43. The van der Waals surface area contributed by atoms with Crippen LogP contribution in [0.25, 0.3) is 0 Å². The minimum Gasteiger partial charge on any atom is -0.467 e. The van der Waals surface area contributed by atoms with Gasteiger partial charge in [0.1, 0.15) is 6.10 Å². The Kier molecular flexibility index (Phi) is 4.72. The van der Waals surface area contributed by atoms with E-state index in [9.17, 15) is 19.8 Å². The monoisotopic (exact) mass is 255 g/mol. The van der Waals surface area contributed by atoms with E-state index in [0.29, 0.717) is 0 Å². The second-order valence-electron chi connectivity index (χ2n) is 3.39. The van der Waals surface area contributed by atoms with Gasteiger partial charge < -0.3 is 14.9 Å². The third-order valence-corrected chi connectivity index (χ3v) is 2.24. The van der Waals surface area contributed by atoms with Crippen molar-refractivity contribution in [2.45, 2.75) is 12.2 Å². The molecule has 98 valence electrons. The van der Waals surface area contributed by atoms with E-state index in [1.54, 1.807) is 0 Å². The summed E-state index contributed by atoms with van der Waals surface area (Å²) in [6.07, 6.45) is -0.865. The van der Waals surface area contributed by atoms with Crippen molar-refractivity contribution in [3.05, 3.63) is 29.6 Å². The summed E-state index contributed by atoms with van der Waals surface area (Å²) in [5.74, 6) is 3.35. The summed E-state index contributed by atoms with van der Waals surface area (Å²) < 4.78 is 4.28. The molecule has 5 N–H and O–H groups in total. The van der Waals surface area contributed by atoms with Gasteiger partial charge in [-0.2, -0.15) is 0 Å². The fraction of sp³-hybridized carbons (Fsp3) is 0.300. The molecule has 0 bridgehead atoms. The molecule has 0 radical (unpaired) electrons. The highest BCUT2D eigenvalue weighted by atomic mass is 16.5. The van der Waals surface area contributed by atoms with Crippen LogP contribution in [0.4, 0.5) is 0 Å². The van der Waals surface area contributed by atoms with E-state index in [1.807, 2.05) is 5.43 Å². The number of aromatic nitrogens is 1. The number of carbonyl (C=O) groups is 2. The lowest BCUT2D eigenvalue weighted by atomic mass is 10.0. The molecule has 1 aromatic heterocycles. The number of esters is 1. The number of methoxy groups -OCH3 is 1. The lowest BCUT2D eigenvalue weighted by molar-refractivity contribution is -0.156. The predicted octanol–water partition coefficient (Wildman–Crippen LogP) is -1.75. The van der Waals surface area contributed by atoms with Crippen molar-refractivity contribution in [3.8, 4) is 0 Å². The molecular formula is C10H13N3O5. The number of nitrogen functional groups attached to an aromatic ring is 1. The Bertz CT molecular complexity index is 451. The zero-order valence-electron chi connectivity index (χ0n) is 9.53. The van der Waals surface area contributed by atoms with E-state index in [1.165, 1.54) is 18.5 Å². The fourth-order valence-electron chi connectivity index (χ4n) is 1.26. The minimum atomic E-state index is -1.76. The summed E-state index contributed by atoms with van der Waals surface area (Å²) in [5.41, 5.74) is 2.08. The summed E-state index contributed by atoms with van der Waals surface area (Å²) in [6.45, 7) is 0. The number of nitrogens with one attached hydrogen (secondary N) is 1. The van der Waals surface area contributed by atoms with Crippen molar-refractivity contribution in [3.63, 3.8) is 0 Å². The van der Waals surface area contributed by atoms with Gasteiger partial charge in [-0.15, -0.1) is 0 Å². The van der Waals surface area contributed by atoms with Gasteiger partial charge in [0.05, 0.1) is 12.7 Å².